The summed E-state index contributed by atoms with van der Waals surface area (Å²) >= 11 is 0. The molecule has 0 aliphatic heterocycles. The molecule has 0 amide bonds. The molecule has 16 rings (SSSR count). The highest BCUT2D eigenvalue weighted by Crippen LogP contribution is 2.41. The van der Waals surface area contributed by atoms with E-state index >= 15 is 0 Å². The van der Waals surface area contributed by atoms with E-state index in [1.807, 2.05) is 0 Å². The Bertz CT molecular complexity index is 5340. The number of pyridine rings is 4. The van der Waals surface area contributed by atoms with Gasteiger partial charge in [0.15, 0.2) is 24.8 Å². The highest BCUT2D eigenvalue weighted by Gasteiger charge is 2.27. The first-order valence-electron chi connectivity index (χ1n) is 39.2. The van der Waals surface area contributed by atoms with E-state index in [2.05, 4.69) is 407 Å². The lowest BCUT2D eigenvalue weighted by molar-refractivity contribution is -0.661. The number of aromatic nitrogens is 4. The Kier molecular flexibility index (Phi) is 24.0. The van der Waals surface area contributed by atoms with Gasteiger partial charge < -0.3 is 0 Å². The molecule has 540 valence electrons. The van der Waals surface area contributed by atoms with Crippen LogP contribution < -0.4 is 18.3 Å². The van der Waals surface area contributed by atoms with E-state index in [-0.39, 0.29) is 0 Å². The molecular weight excluding hydrogens is 1310 g/mol. The summed E-state index contributed by atoms with van der Waals surface area (Å²) in [5.41, 5.74) is 40.9. The van der Waals surface area contributed by atoms with Gasteiger partial charge in [-0.25, -0.2) is 18.3 Å². The molecule has 4 aromatic heterocycles. The zero-order valence-electron chi connectivity index (χ0n) is 66.1. The zero-order valence-corrected chi connectivity index (χ0v) is 66.1. The fraction of sp³-hybridized carbons (Fsp3) is 0.231. The number of hydrogen-bond acceptors (Lipinski definition) is 0. The van der Waals surface area contributed by atoms with Crippen molar-refractivity contribution >= 4 is 0 Å². The quantitative estimate of drug-likeness (QED) is 0.108. The van der Waals surface area contributed by atoms with Gasteiger partial charge in [0.25, 0.3) is 0 Å². The van der Waals surface area contributed by atoms with Crippen LogP contribution in [0.3, 0.4) is 0 Å². The maximum atomic E-state index is 2.48. The molecule has 0 spiro atoms. The van der Waals surface area contributed by atoms with Crippen molar-refractivity contribution in [3.8, 4) is 112 Å². The molecule has 10 aromatic carbocycles. The van der Waals surface area contributed by atoms with E-state index < -0.39 is 0 Å². The molecule has 0 unspecified atom stereocenters. The van der Waals surface area contributed by atoms with Crippen LogP contribution in [-0.4, -0.2) is 0 Å². The van der Waals surface area contributed by atoms with Crippen molar-refractivity contribution in [2.24, 2.45) is 28.2 Å². The molecule has 0 bridgehead atoms. The highest BCUT2D eigenvalue weighted by molar-refractivity contribution is 5.80. The monoisotopic (exact) mass is 1410 g/mol. The molecular formula is C104H108N4+4. The van der Waals surface area contributed by atoms with Crippen molar-refractivity contribution in [1.82, 2.24) is 0 Å². The second-order valence-electron chi connectivity index (χ2n) is 30.6. The third-order valence-corrected chi connectivity index (χ3v) is 22.8. The molecule has 4 nitrogen and oxygen atoms in total. The number of aryl methyl sites for hydroxylation is 13. The summed E-state index contributed by atoms with van der Waals surface area (Å²) in [5.74, 6) is 1.47. The van der Waals surface area contributed by atoms with Crippen LogP contribution in [0, 0.1) is 62.3 Å². The van der Waals surface area contributed by atoms with E-state index in [4.69, 9.17) is 0 Å². The molecule has 4 heterocycles. The Morgan fingerprint density at radius 1 is 0.204 bits per heavy atom. The molecule has 0 saturated heterocycles. The predicted molar refractivity (Wildman–Crippen MR) is 455 cm³/mol. The topological polar surface area (TPSA) is 15.5 Å². The van der Waals surface area contributed by atoms with Crippen LogP contribution in [0.4, 0.5) is 0 Å². The van der Waals surface area contributed by atoms with Crippen molar-refractivity contribution in [2.75, 3.05) is 0 Å². The summed E-state index contributed by atoms with van der Waals surface area (Å²) in [5, 5.41) is 0. The van der Waals surface area contributed by atoms with Crippen LogP contribution in [0.1, 0.15) is 131 Å². The molecule has 0 radical (unpaired) electrons. The summed E-state index contributed by atoms with van der Waals surface area (Å²) in [6, 6.07) is 98.6. The number of hydrogen-bond donors (Lipinski definition) is 0. The van der Waals surface area contributed by atoms with Crippen LogP contribution in [0.15, 0.2) is 298 Å². The van der Waals surface area contributed by atoms with Gasteiger partial charge in [0, 0.05) is 69.8 Å². The highest BCUT2D eigenvalue weighted by atomic mass is 14.9. The number of benzene rings is 10. The van der Waals surface area contributed by atoms with Crippen LogP contribution in [0.5, 0.6) is 0 Å². The summed E-state index contributed by atoms with van der Waals surface area (Å²) in [7, 11) is 8.60. The predicted octanol–water partition coefficient (Wildman–Crippen LogP) is 25.2. The third kappa shape index (κ3) is 17.4. The Balaban J connectivity index is 0.000000127. The molecule has 0 atom stereocenters. The van der Waals surface area contributed by atoms with Crippen LogP contribution >= 0.6 is 0 Å². The molecule has 2 aliphatic carbocycles. The second kappa shape index (κ2) is 34.6. The SMILES string of the molecule is Cc1cc(C)c(-c2cc(C3CCCC3)c(C)c[n+]2C)cc1-c1ccccc1.Cc1cc(C)c(-c2cc(C3CCCCC3)c(C)c[n+]2C)cc1-c1ccccc1.Cc1ccc(-c2ccccc2)cc1-c1cc(-c2ccccc2)cc[n+]1C.Cc1ccccc1-c1cc[n+](C)c(-c2cc(-c3ccccc3)ccc2C)c1. The molecule has 2 aliphatic rings. The van der Waals surface area contributed by atoms with Gasteiger partial charge in [-0.3, -0.25) is 0 Å². The average Bonchev–Trinajstić information content (AvgIpc) is 0.987. The fourth-order valence-corrected chi connectivity index (χ4v) is 16.7. The van der Waals surface area contributed by atoms with Crippen molar-refractivity contribution < 1.29 is 18.3 Å². The minimum atomic E-state index is 0.730. The first-order valence-corrected chi connectivity index (χ1v) is 39.2. The minimum Gasteiger partial charge on any atom is -0.201 e. The van der Waals surface area contributed by atoms with Gasteiger partial charge in [0.2, 0.25) is 22.8 Å². The Morgan fingerprint density at radius 2 is 0.509 bits per heavy atom. The van der Waals surface area contributed by atoms with Gasteiger partial charge >= 0.3 is 0 Å². The normalized spacial score (nSPS) is 12.8. The van der Waals surface area contributed by atoms with Crippen molar-refractivity contribution in [2.45, 2.75) is 132 Å². The molecule has 108 heavy (non-hydrogen) atoms. The van der Waals surface area contributed by atoms with Gasteiger partial charge in [-0.05, 0) is 241 Å². The van der Waals surface area contributed by atoms with E-state index in [9.17, 15) is 0 Å². The van der Waals surface area contributed by atoms with Gasteiger partial charge in [0.05, 0.1) is 0 Å². The van der Waals surface area contributed by atoms with E-state index in [0.717, 1.165) is 11.8 Å². The first kappa shape index (κ1) is 75.0. The van der Waals surface area contributed by atoms with Gasteiger partial charge in [-0.2, -0.15) is 0 Å². The minimum absolute atomic E-state index is 0.730. The average molecular weight is 1410 g/mol. The Morgan fingerprint density at radius 3 is 0.907 bits per heavy atom. The van der Waals surface area contributed by atoms with Crippen molar-refractivity contribution in [3.63, 3.8) is 0 Å². The standard InChI is InChI=1S/C27H32N.C26H30N.C26H24N.C25H22N/c1-19-15-20(2)26(16-24(19)22-11-7-5-8-12-22)27-17-25(21(3)18-28(27)4)23-13-9-6-10-14-23;1-18-14-19(2)25(15-23(18)21-10-6-5-7-11-21)26-16-24(20(3)17-27(26)4)22-12-8-9-13-22;1-19-9-7-8-12-24(19)23-15-16-27(3)26(18-23)25-17-22(14-13-20(25)2)21-10-5-4-6-11-21;1-19-13-14-22(20-9-5-3-6-10-20)17-24(19)25-18-23(15-16-26(25)2)21-11-7-4-8-12-21/h5,7-8,11-12,15-18,23H,6,9-10,13-14H2,1-4H3;5-7,10-11,14-17,22H,8-9,12-13H2,1-4H3;4-18H,1-3H3;3-18H,1-2H3/q4*+1. The van der Waals surface area contributed by atoms with Crippen LogP contribution in [0.2, 0.25) is 0 Å². The lowest BCUT2D eigenvalue weighted by Gasteiger charge is -2.23. The van der Waals surface area contributed by atoms with E-state index in [0.29, 0.717) is 0 Å². The lowest BCUT2D eigenvalue weighted by atomic mass is 9.82. The second-order valence-corrected chi connectivity index (χ2v) is 30.6. The van der Waals surface area contributed by atoms with Gasteiger partial charge in [-0.1, -0.05) is 244 Å². The smallest absolute Gasteiger partial charge is 0.201 e. The van der Waals surface area contributed by atoms with Gasteiger partial charge in [0.1, 0.15) is 28.2 Å². The maximum Gasteiger partial charge on any atom is 0.213 e. The third-order valence-electron chi connectivity index (χ3n) is 22.8. The summed E-state index contributed by atoms with van der Waals surface area (Å²) < 4.78 is 9.02. The van der Waals surface area contributed by atoms with Crippen LogP contribution in [-0.2, 0) is 28.2 Å². The fourth-order valence-electron chi connectivity index (χ4n) is 16.7. The summed E-state index contributed by atoms with van der Waals surface area (Å²) in [6.45, 7) is 20.0. The molecule has 0 N–H and O–H groups in total. The summed E-state index contributed by atoms with van der Waals surface area (Å²) in [6.07, 6.45) is 21.2. The van der Waals surface area contributed by atoms with Crippen molar-refractivity contribution in [1.29, 1.82) is 0 Å². The molecule has 4 heteroatoms. The van der Waals surface area contributed by atoms with E-state index in [1.54, 1.807) is 11.1 Å². The maximum absolute atomic E-state index is 2.48. The Hall–Kier alpha value is -11.2. The van der Waals surface area contributed by atoms with Crippen LogP contribution in [0.25, 0.3) is 112 Å². The first-order chi connectivity index (χ1) is 52.4. The lowest BCUT2D eigenvalue weighted by Crippen LogP contribution is -2.32. The van der Waals surface area contributed by atoms with E-state index in [1.165, 1.54) is 220 Å². The van der Waals surface area contributed by atoms with Gasteiger partial charge in [-0.15, -0.1) is 0 Å². The van der Waals surface area contributed by atoms with Crippen molar-refractivity contribution in [3.05, 3.63) is 359 Å². The molecule has 2 fully saturated rings. The molecule has 14 aromatic rings. The summed E-state index contributed by atoms with van der Waals surface area (Å²) in [4.78, 5) is 0. The largest absolute Gasteiger partial charge is 0.213 e. The Labute approximate surface area is 645 Å². The zero-order chi connectivity index (χ0) is 75.4. The number of nitrogens with zero attached hydrogens (tertiary/aromatic N) is 4. The number of rotatable bonds is 12. The molecule has 2 saturated carbocycles.